The van der Waals surface area contributed by atoms with Crippen molar-refractivity contribution in [2.24, 2.45) is 5.92 Å². The molecule has 1 saturated carbocycles. The molecule has 3 N–H and O–H groups in total. The number of ether oxygens (including phenoxy) is 1. The van der Waals surface area contributed by atoms with Gasteiger partial charge in [0.15, 0.2) is 0 Å². The van der Waals surface area contributed by atoms with E-state index >= 15 is 0 Å². The van der Waals surface area contributed by atoms with Crippen molar-refractivity contribution in [3.05, 3.63) is 35.9 Å². The lowest BCUT2D eigenvalue weighted by molar-refractivity contribution is -0.115. The van der Waals surface area contributed by atoms with Crippen molar-refractivity contribution in [3.8, 4) is 0 Å². The van der Waals surface area contributed by atoms with Crippen molar-refractivity contribution in [1.82, 2.24) is 5.32 Å². The molecule has 7 heteroatoms. The lowest BCUT2D eigenvalue weighted by Gasteiger charge is -2.19. The van der Waals surface area contributed by atoms with Crippen molar-refractivity contribution in [3.63, 3.8) is 0 Å². The van der Waals surface area contributed by atoms with Gasteiger partial charge in [-0.05, 0) is 58.6 Å². The number of carbonyl (C=O) groups excluding carboxylic acids is 3. The zero-order valence-corrected chi connectivity index (χ0v) is 17.6. The van der Waals surface area contributed by atoms with E-state index in [0.29, 0.717) is 17.3 Å². The lowest BCUT2D eigenvalue weighted by atomic mass is 9.99. The van der Waals surface area contributed by atoms with Crippen molar-refractivity contribution < 1.29 is 19.1 Å². The molecule has 29 heavy (non-hydrogen) atoms. The zero-order valence-electron chi connectivity index (χ0n) is 17.6. The fourth-order valence-corrected chi connectivity index (χ4v) is 3.24. The predicted octanol–water partition coefficient (Wildman–Crippen LogP) is 4.22. The third-order valence-electron chi connectivity index (χ3n) is 4.61. The van der Waals surface area contributed by atoms with Gasteiger partial charge in [-0.2, -0.15) is 0 Å². The average Bonchev–Trinajstić information content (AvgIpc) is 3.15. The number of para-hydroxylation sites is 2. The molecule has 2 rings (SSSR count). The largest absolute Gasteiger partial charge is 0.444 e. The van der Waals surface area contributed by atoms with Gasteiger partial charge < -0.3 is 20.7 Å². The van der Waals surface area contributed by atoms with Gasteiger partial charge in [0, 0.05) is 6.08 Å². The van der Waals surface area contributed by atoms with Crippen LogP contribution in [-0.4, -0.2) is 30.1 Å². The van der Waals surface area contributed by atoms with Crippen molar-refractivity contribution in [2.75, 3.05) is 17.2 Å². The summed E-state index contributed by atoms with van der Waals surface area (Å²) in [6, 6.07) is 6.94. The van der Waals surface area contributed by atoms with E-state index in [9.17, 15) is 14.4 Å². The first-order valence-corrected chi connectivity index (χ1v) is 9.99. The summed E-state index contributed by atoms with van der Waals surface area (Å²) in [6.45, 7) is 6.99. The van der Waals surface area contributed by atoms with Crippen LogP contribution in [0, 0.1) is 5.92 Å². The maximum Gasteiger partial charge on any atom is 0.408 e. The Hall–Kier alpha value is -2.83. The molecule has 1 aliphatic rings. The van der Waals surface area contributed by atoms with Crippen LogP contribution >= 0.6 is 0 Å². The number of benzene rings is 1. The third-order valence-corrected chi connectivity index (χ3v) is 4.61. The van der Waals surface area contributed by atoms with Crippen molar-refractivity contribution in [1.29, 1.82) is 0 Å². The Morgan fingerprint density at radius 1 is 1.07 bits per heavy atom. The van der Waals surface area contributed by atoms with Crippen LogP contribution in [0.15, 0.2) is 35.9 Å². The normalized spacial score (nSPS) is 15.0. The molecule has 1 aromatic carbocycles. The van der Waals surface area contributed by atoms with Gasteiger partial charge in [-0.15, -0.1) is 0 Å². The number of rotatable bonds is 6. The van der Waals surface area contributed by atoms with E-state index in [-0.39, 0.29) is 12.5 Å². The Morgan fingerprint density at radius 3 is 2.24 bits per heavy atom. The Labute approximate surface area is 172 Å². The SMILES string of the molecule is C/C(=C\C(=O)Nc1ccccc1NC(=O)CNC(=O)OC(C)(C)C)C1CCCC1. The second-order valence-corrected chi connectivity index (χ2v) is 8.31. The quantitative estimate of drug-likeness (QED) is 0.622. The van der Waals surface area contributed by atoms with Gasteiger partial charge in [-0.25, -0.2) is 4.79 Å². The van der Waals surface area contributed by atoms with Gasteiger partial charge in [0.1, 0.15) is 12.1 Å². The van der Waals surface area contributed by atoms with Crippen LogP contribution in [-0.2, 0) is 14.3 Å². The van der Waals surface area contributed by atoms with Gasteiger partial charge in [0.2, 0.25) is 11.8 Å². The number of nitrogens with one attached hydrogen (secondary N) is 3. The Morgan fingerprint density at radius 2 is 1.66 bits per heavy atom. The molecule has 1 aliphatic carbocycles. The van der Waals surface area contributed by atoms with Gasteiger partial charge in [0.05, 0.1) is 11.4 Å². The first-order valence-electron chi connectivity index (χ1n) is 9.99. The molecule has 0 aliphatic heterocycles. The molecule has 0 saturated heterocycles. The number of hydrogen-bond acceptors (Lipinski definition) is 4. The van der Waals surface area contributed by atoms with E-state index in [1.54, 1.807) is 51.1 Å². The molecule has 1 fully saturated rings. The van der Waals surface area contributed by atoms with Gasteiger partial charge in [-0.1, -0.05) is 30.5 Å². The first-order chi connectivity index (χ1) is 13.6. The Balaban J connectivity index is 1.92. The molecule has 0 radical (unpaired) electrons. The summed E-state index contributed by atoms with van der Waals surface area (Å²) in [7, 11) is 0. The van der Waals surface area contributed by atoms with Gasteiger partial charge >= 0.3 is 6.09 Å². The van der Waals surface area contributed by atoms with Crippen LogP contribution in [0.5, 0.6) is 0 Å². The molecular weight excluding hydrogens is 370 g/mol. The van der Waals surface area contributed by atoms with Crippen LogP contribution in [0.2, 0.25) is 0 Å². The first kappa shape index (κ1) is 22.5. The summed E-state index contributed by atoms with van der Waals surface area (Å²) in [5, 5.41) is 7.93. The fraction of sp³-hybridized carbons (Fsp3) is 0.500. The highest BCUT2D eigenvalue weighted by Gasteiger charge is 2.18. The Kier molecular flexibility index (Phi) is 7.82. The van der Waals surface area contributed by atoms with Crippen LogP contribution in [0.3, 0.4) is 0 Å². The zero-order chi connectivity index (χ0) is 21.4. The summed E-state index contributed by atoms with van der Waals surface area (Å²) in [5.74, 6) is -0.159. The third kappa shape index (κ3) is 7.97. The smallest absolute Gasteiger partial charge is 0.408 e. The number of carbonyl (C=O) groups is 3. The number of hydrogen-bond donors (Lipinski definition) is 3. The molecule has 0 heterocycles. The van der Waals surface area contributed by atoms with E-state index in [2.05, 4.69) is 16.0 Å². The highest BCUT2D eigenvalue weighted by atomic mass is 16.6. The standard InChI is InChI=1S/C22H31N3O4/c1-15(16-9-5-6-10-16)13-19(26)24-17-11-7-8-12-18(17)25-20(27)14-23-21(28)29-22(2,3)4/h7-8,11-13,16H,5-6,9-10,14H2,1-4H3,(H,23,28)(H,24,26)(H,25,27)/b15-13+. The van der Waals surface area contributed by atoms with E-state index in [4.69, 9.17) is 4.74 Å². The number of anilines is 2. The van der Waals surface area contributed by atoms with Crippen LogP contribution in [0.4, 0.5) is 16.2 Å². The average molecular weight is 402 g/mol. The summed E-state index contributed by atoms with van der Waals surface area (Å²) in [6.07, 6.45) is 5.66. The molecule has 0 bridgehead atoms. The van der Waals surface area contributed by atoms with E-state index in [1.165, 1.54) is 12.8 Å². The number of alkyl carbamates (subject to hydrolysis) is 1. The molecule has 158 valence electrons. The highest BCUT2D eigenvalue weighted by Crippen LogP contribution is 2.30. The Bertz CT molecular complexity index is 775. The second kappa shape index (κ2) is 10.1. The van der Waals surface area contributed by atoms with Crippen LogP contribution in [0.25, 0.3) is 0 Å². The molecule has 0 unspecified atom stereocenters. The lowest BCUT2D eigenvalue weighted by Crippen LogP contribution is -2.37. The minimum Gasteiger partial charge on any atom is -0.444 e. The van der Waals surface area contributed by atoms with E-state index in [1.807, 2.05) is 6.92 Å². The molecular formula is C22H31N3O4. The monoisotopic (exact) mass is 401 g/mol. The molecule has 1 aromatic rings. The summed E-state index contributed by atoms with van der Waals surface area (Å²) < 4.78 is 5.10. The van der Waals surface area contributed by atoms with Gasteiger partial charge in [0.25, 0.3) is 0 Å². The molecule has 0 aromatic heterocycles. The van der Waals surface area contributed by atoms with Gasteiger partial charge in [-0.3, -0.25) is 9.59 Å². The van der Waals surface area contributed by atoms with E-state index in [0.717, 1.165) is 18.4 Å². The van der Waals surface area contributed by atoms with Crippen LogP contribution in [0.1, 0.15) is 53.4 Å². The molecule has 0 spiro atoms. The molecule has 7 nitrogen and oxygen atoms in total. The summed E-state index contributed by atoms with van der Waals surface area (Å²) in [5.41, 5.74) is 1.41. The predicted molar refractivity (Wildman–Crippen MR) is 114 cm³/mol. The van der Waals surface area contributed by atoms with Crippen molar-refractivity contribution in [2.45, 2.75) is 59.0 Å². The number of allylic oxidation sites excluding steroid dienone is 1. The maximum absolute atomic E-state index is 12.4. The minimum atomic E-state index is -0.665. The summed E-state index contributed by atoms with van der Waals surface area (Å²) in [4.78, 5) is 36.2. The maximum atomic E-state index is 12.4. The fourth-order valence-electron chi connectivity index (χ4n) is 3.24. The summed E-state index contributed by atoms with van der Waals surface area (Å²) >= 11 is 0. The highest BCUT2D eigenvalue weighted by molar-refractivity contribution is 6.04. The minimum absolute atomic E-state index is 0.219. The van der Waals surface area contributed by atoms with E-state index < -0.39 is 17.6 Å². The van der Waals surface area contributed by atoms with Crippen molar-refractivity contribution >= 4 is 29.3 Å². The molecule has 0 atom stereocenters. The number of amides is 3. The second-order valence-electron chi connectivity index (χ2n) is 8.31. The topological polar surface area (TPSA) is 96.5 Å². The van der Waals surface area contributed by atoms with Crippen LogP contribution < -0.4 is 16.0 Å². The molecule has 3 amide bonds.